The number of anilines is 1. The normalized spacial score (nSPS) is 11.0. The van der Waals surface area contributed by atoms with E-state index >= 15 is 0 Å². The van der Waals surface area contributed by atoms with Gasteiger partial charge >= 0.3 is 0 Å². The van der Waals surface area contributed by atoms with Crippen LogP contribution in [0, 0.1) is 0 Å². The van der Waals surface area contributed by atoms with Crippen molar-refractivity contribution in [2.45, 2.75) is 0 Å². The van der Waals surface area contributed by atoms with Gasteiger partial charge in [-0.3, -0.25) is 0 Å². The Bertz CT molecular complexity index is 488. The molecule has 1 aromatic carbocycles. The molecular formula is C15H17NOS. The summed E-state index contributed by atoms with van der Waals surface area (Å²) in [6.45, 7) is 0.834. The van der Waals surface area contributed by atoms with Gasteiger partial charge in [0.05, 0.1) is 6.61 Å². The first-order chi connectivity index (χ1) is 8.79. The molecule has 1 N–H and O–H groups in total. The molecule has 0 radical (unpaired) electrons. The largest absolute Gasteiger partial charge is 0.395 e. The highest BCUT2D eigenvalue weighted by molar-refractivity contribution is 7.10. The van der Waals surface area contributed by atoms with Gasteiger partial charge in [0.2, 0.25) is 0 Å². The number of hydrogen-bond donors (Lipinski definition) is 1. The fourth-order valence-electron chi connectivity index (χ4n) is 1.68. The fraction of sp³-hybridized carbons (Fsp3) is 0.200. The van der Waals surface area contributed by atoms with Crippen LogP contribution in [0.15, 0.2) is 41.8 Å². The van der Waals surface area contributed by atoms with E-state index in [0.29, 0.717) is 6.54 Å². The Morgan fingerprint density at radius 2 is 1.94 bits per heavy atom. The van der Waals surface area contributed by atoms with Crippen molar-refractivity contribution in [1.29, 1.82) is 0 Å². The number of benzene rings is 1. The van der Waals surface area contributed by atoms with Gasteiger partial charge in [0, 0.05) is 24.2 Å². The van der Waals surface area contributed by atoms with Crippen LogP contribution in [0.4, 0.5) is 5.69 Å². The Morgan fingerprint density at radius 1 is 1.17 bits per heavy atom. The fourth-order valence-corrected chi connectivity index (χ4v) is 2.30. The summed E-state index contributed by atoms with van der Waals surface area (Å²) in [5.41, 5.74) is 2.31. The van der Waals surface area contributed by atoms with Crippen molar-refractivity contribution in [2.24, 2.45) is 0 Å². The van der Waals surface area contributed by atoms with Gasteiger partial charge in [0.1, 0.15) is 0 Å². The van der Waals surface area contributed by atoms with Crippen molar-refractivity contribution in [3.63, 3.8) is 0 Å². The predicted octanol–water partition coefficient (Wildman–Crippen LogP) is 3.35. The molecule has 0 aliphatic rings. The molecule has 0 fully saturated rings. The first-order valence-corrected chi connectivity index (χ1v) is 6.81. The van der Waals surface area contributed by atoms with Crippen LogP contribution < -0.4 is 4.90 Å². The monoisotopic (exact) mass is 259 g/mol. The lowest BCUT2D eigenvalue weighted by molar-refractivity contribution is 0.304. The minimum absolute atomic E-state index is 0.177. The molecule has 2 nitrogen and oxygen atoms in total. The topological polar surface area (TPSA) is 23.5 Å². The summed E-state index contributed by atoms with van der Waals surface area (Å²) in [5, 5.41) is 11.0. The molecule has 0 aliphatic carbocycles. The number of thiophene rings is 1. The average molecular weight is 259 g/mol. The molecule has 0 saturated carbocycles. The molecule has 0 spiro atoms. The molecule has 1 heterocycles. The van der Waals surface area contributed by atoms with Crippen LogP contribution in [0.2, 0.25) is 0 Å². The molecule has 0 amide bonds. The maximum absolute atomic E-state index is 8.89. The van der Waals surface area contributed by atoms with E-state index in [1.54, 1.807) is 11.3 Å². The Morgan fingerprint density at radius 3 is 2.56 bits per heavy atom. The van der Waals surface area contributed by atoms with Crippen molar-refractivity contribution in [3.8, 4) is 0 Å². The lowest BCUT2D eigenvalue weighted by Gasteiger charge is -2.17. The second-order valence-electron chi connectivity index (χ2n) is 4.09. The molecular weight excluding hydrogens is 242 g/mol. The number of rotatable bonds is 5. The van der Waals surface area contributed by atoms with Gasteiger partial charge in [-0.25, -0.2) is 0 Å². The molecule has 0 saturated heterocycles. The van der Waals surface area contributed by atoms with E-state index < -0.39 is 0 Å². The molecule has 1 aromatic heterocycles. The third-order valence-corrected chi connectivity index (χ3v) is 3.59. The SMILES string of the molecule is CN(CCO)c1ccc(C=Cc2cccs2)cc1. The van der Waals surface area contributed by atoms with E-state index in [9.17, 15) is 0 Å². The third kappa shape index (κ3) is 3.45. The minimum Gasteiger partial charge on any atom is -0.395 e. The highest BCUT2D eigenvalue weighted by atomic mass is 32.1. The van der Waals surface area contributed by atoms with E-state index in [2.05, 4.69) is 53.9 Å². The third-order valence-electron chi connectivity index (χ3n) is 2.75. The van der Waals surface area contributed by atoms with Crippen LogP contribution in [0.5, 0.6) is 0 Å². The molecule has 0 atom stereocenters. The number of likely N-dealkylation sites (N-methyl/N-ethyl adjacent to an activating group) is 1. The zero-order chi connectivity index (χ0) is 12.8. The second kappa shape index (κ2) is 6.38. The minimum atomic E-state index is 0.177. The first-order valence-electron chi connectivity index (χ1n) is 5.93. The number of aliphatic hydroxyl groups excluding tert-OH is 1. The van der Waals surface area contributed by atoms with Crippen molar-refractivity contribution in [1.82, 2.24) is 0 Å². The van der Waals surface area contributed by atoms with Gasteiger partial charge < -0.3 is 10.0 Å². The molecule has 3 heteroatoms. The molecule has 2 aromatic rings. The van der Waals surface area contributed by atoms with Gasteiger partial charge in [-0.2, -0.15) is 0 Å². The van der Waals surface area contributed by atoms with E-state index in [1.165, 1.54) is 10.4 Å². The van der Waals surface area contributed by atoms with Crippen LogP contribution >= 0.6 is 11.3 Å². The predicted molar refractivity (Wildman–Crippen MR) is 80.0 cm³/mol. The molecule has 0 unspecified atom stereocenters. The number of hydrogen-bond acceptors (Lipinski definition) is 3. The van der Waals surface area contributed by atoms with Crippen LogP contribution in [0.3, 0.4) is 0 Å². The van der Waals surface area contributed by atoms with Gasteiger partial charge in [0.25, 0.3) is 0 Å². The quantitative estimate of drug-likeness (QED) is 0.890. The van der Waals surface area contributed by atoms with Crippen LogP contribution in [0.1, 0.15) is 10.4 Å². The van der Waals surface area contributed by atoms with Crippen LogP contribution in [-0.4, -0.2) is 25.3 Å². The number of nitrogens with zero attached hydrogens (tertiary/aromatic N) is 1. The Kier molecular flexibility index (Phi) is 4.56. The van der Waals surface area contributed by atoms with Gasteiger partial charge in [-0.05, 0) is 35.2 Å². The summed E-state index contributed by atoms with van der Waals surface area (Å²) in [4.78, 5) is 3.30. The van der Waals surface area contributed by atoms with E-state index in [-0.39, 0.29) is 6.61 Å². The van der Waals surface area contributed by atoms with Crippen LogP contribution in [0.25, 0.3) is 12.2 Å². The molecule has 18 heavy (non-hydrogen) atoms. The Hall–Kier alpha value is -1.58. The Labute approximate surface area is 112 Å². The van der Waals surface area contributed by atoms with E-state index in [4.69, 9.17) is 5.11 Å². The zero-order valence-electron chi connectivity index (χ0n) is 10.4. The highest BCUT2D eigenvalue weighted by Crippen LogP contribution is 2.17. The molecule has 2 rings (SSSR count). The van der Waals surface area contributed by atoms with E-state index in [1.807, 2.05) is 11.9 Å². The van der Waals surface area contributed by atoms with Gasteiger partial charge in [0.15, 0.2) is 0 Å². The van der Waals surface area contributed by atoms with Crippen molar-refractivity contribution >= 4 is 29.2 Å². The van der Waals surface area contributed by atoms with Gasteiger partial charge in [-0.1, -0.05) is 24.3 Å². The molecule has 94 valence electrons. The lowest BCUT2D eigenvalue weighted by atomic mass is 10.2. The lowest BCUT2D eigenvalue weighted by Crippen LogP contribution is -2.20. The summed E-state index contributed by atoms with van der Waals surface area (Å²) in [6, 6.07) is 12.5. The standard InChI is InChI=1S/C15H17NOS/c1-16(10-11-17)14-7-4-13(5-8-14)6-9-15-3-2-12-18-15/h2-9,12,17H,10-11H2,1H3. The van der Waals surface area contributed by atoms with Gasteiger partial charge in [-0.15, -0.1) is 11.3 Å². The van der Waals surface area contributed by atoms with Crippen molar-refractivity contribution < 1.29 is 5.11 Å². The Balaban J connectivity index is 2.03. The average Bonchev–Trinajstić information content (AvgIpc) is 2.90. The maximum Gasteiger partial charge on any atom is 0.0606 e. The second-order valence-corrected chi connectivity index (χ2v) is 5.06. The zero-order valence-corrected chi connectivity index (χ0v) is 11.2. The summed E-state index contributed by atoms with van der Waals surface area (Å²) >= 11 is 1.73. The molecule has 0 bridgehead atoms. The maximum atomic E-state index is 8.89. The molecule has 0 aliphatic heterocycles. The van der Waals surface area contributed by atoms with Crippen molar-refractivity contribution in [3.05, 3.63) is 52.2 Å². The summed E-state index contributed by atoms with van der Waals surface area (Å²) < 4.78 is 0. The first kappa shape index (κ1) is 12.9. The van der Waals surface area contributed by atoms with Crippen LogP contribution in [-0.2, 0) is 0 Å². The smallest absolute Gasteiger partial charge is 0.0606 e. The number of aliphatic hydroxyl groups is 1. The summed E-state index contributed by atoms with van der Waals surface area (Å²) in [7, 11) is 1.98. The summed E-state index contributed by atoms with van der Waals surface area (Å²) in [6.07, 6.45) is 4.23. The summed E-state index contributed by atoms with van der Waals surface area (Å²) in [5.74, 6) is 0. The van der Waals surface area contributed by atoms with Crippen molar-refractivity contribution in [2.75, 3.05) is 25.1 Å². The highest BCUT2D eigenvalue weighted by Gasteiger charge is 1.98. The van der Waals surface area contributed by atoms with E-state index in [0.717, 1.165) is 5.69 Å².